The van der Waals surface area contributed by atoms with Crippen LogP contribution < -0.4 is 16.0 Å². The Bertz CT molecular complexity index is 1070. The van der Waals surface area contributed by atoms with E-state index in [1.165, 1.54) is 5.56 Å². The summed E-state index contributed by atoms with van der Waals surface area (Å²) in [5.41, 5.74) is 9.73. The fourth-order valence-electron chi connectivity index (χ4n) is 3.86. The van der Waals surface area contributed by atoms with E-state index in [0.29, 0.717) is 12.3 Å². The van der Waals surface area contributed by atoms with Crippen LogP contribution in [-0.2, 0) is 22.6 Å². The van der Waals surface area contributed by atoms with Gasteiger partial charge in [0.25, 0.3) is 0 Å². The lowest BCUT2D eigenvalue weighted by Gasteiger charge is -2.25. The van der Waals surface area contributed by atoms with E-state index >= 15 is 0 Å². The molecule has 4 rings (SSSR count). The zero-order valence-electron chi connectivity index (χ0n) is 18.7. The minimum absolute atomic E-state index is 0.138. The predicted octanol–water partition coefficient (Wildman–Crippen LogP) is 4.00. The number of rotatable bonds is 8. The van der Waals surface area contributed by atoms with Crippen molar-refractivity contribution in [3.63, 3.8) is 0 Å². The van der Waals surface area contributed by atoms with Gasteiger partial charge in [0.2, 0.25) is 5.91 Å². The van der Waals surface area contributed by atoms with Gasteiger partial charge < -0.3 is 20.7 Å². The van der Waals surface area contributed by atoms with E-state index in [2.05, 4.69) is 5.32 Å². The van der Waals surface area contributed by atoms with Crippen LogP contribution in [0.25, 0.3) is 0 Å². The van der Waals surface area contributed by atoms with E-state index in [9.17, 15) is 9.59 Å². The maximum atomic E-state index is 13.4. The predicted molar refractivity (Wildman–Crippen MR) is 129 cm³/mol. The van der Waals surface area contributed by atoms with Crippen molar-refractivity contribution in [3.8, 4) is 0 Å². The van der Waals surface area contributed by atoms with E-state index < -0.39 is 12.1 Å². The summed E-state index contributed by atoms with van der Waals surface area (Å²) in [6.07, 6.45) is 0.737. The van der Waals surface area contributed by atoms with Gasteiger partial charge in [-0.25, -0.2) is 4.79 Å². The molecule has 1 saturated carbocycles. The van der Waals surface area contributed by atoms with Gasteiger partial charge in [0, 0.05) is 31.1 Å². The number of nitrogens with one attached hydrogen (secondary N) is 1. The van der Waals surface area contributed by atoms with Crippen molar-refractivity contribution in [2.45, 2.75) is 37.5 Å². The minimum atomic E-state index is -0.766. The Morgan fingerprint density at radius 2 is 1.55 bits per heavy atom. The molecule has 33 heavy (non-hydrogen) atoms. The number of amides is 2. The first kappa shape index (κ1) is 22.6. The Hall–Kier alpha value is -3.64. The Kier molecular flexibility index (Phi) is 7.05. The normalized spacial score (nSPS) is 17.6. The Labute approximate surface area is 194 Å². The number of hydrogen-bond donors (Lipinski definition) is 2. The third-order valence-corrected chi connectivity index (χ3v) is 5.96. The van der Waals surface area contributed by atoms with Gasteiger partial charge in [-0.05, 0) is 35.2 Å². The maximum absolute atomic E-state index is 13.4. The molecule has 6 heteroatoms. The van der Waals surface area contributed by atoms with E-state index in [4.69, 9.17) is 10.5 Å². The van der Waals surface area contributed by atoms with Gasteiger partial charge in [-0.15, -0.1) is 0 Å². The van der Waals surface area contributed by atoms with Crippen LogP contribution in [0.15, 0.2) is 84.9 Å². The zero-order chi connectivity index (χ0) is 23.2. The van der Waals surface area contributed by atoms with Gasteiger partial charge in [-0.1, -0.05) is 72.8 Å². The molecular weight excluding hydrogens is 414 g/mol. The number of nitrogens with zero attached hydrogens (tertiary/aromatic N) is 1. The number of nitrogens with two attached hydrogens (primary N) is 1. The molecule has 1 aliphatic carbocycles. The fourth-order valence-corrected chi connectivity index (χ4v) is 3.86. The molecule has 3 N–H and O–H groups in total. The average molecular weight is 444 g/mol. The molecule has 0 aliphatic heterocycles. The van der Waals surface area contributed by atoms with Crippen LogP contribution in [0.1, 0.15) is 29.0 Å². The summed E-state index contributed by atoms with van der Waals surface area (Å²) < 4.78 is 5.36. The monoisotopic (exact) mass is 443 g/mol. The van der Waals surface area contributed by atoms with E-state index in [0.717, 1.165) is 23.2 Å². The largest absolute Gasteiger partial charge is 0.445 e. The molecule has 0 bridgehead atoms. The van der Waals surface area contributed by atoms with E-state index in [-0.39, 0.29) is 18.6 Å². The molecule has 0 aromatic heterocycles. The van der Waals surface area contributed by atoms with Crippen LogP contribution in [0.4, 0.5) is 10.5 Å². The quantitative estimate of drug-likeness (QED) is 0.551. The van der Waals surface area contributed by atoms with Crippen LogP contribution in [0, 0.1) is 0 Å². The Morgan fingerprint density at radius 3 is 2.12 bits per heavy atom. The molecule has 170 valence electrons. The SMILES string of the molecule is CN(C(=O)C(Cc1ccccc1)NC(=O)OCc1ccccc1)c1ccc([C@@H]2C[C@H]2N)cc1. The summed E-state index contributed by atoms with van der Waals surface area (Å²) in [6.45, 7) is 0.138. The van der Waals surface area contributed by atoms with Gasteiger partial charge in [0.1, 0.15) is 12.6 Å². The summed E-state index contributed by atoms with van der Waals surface area (Å²) in [5, 5.41) is 2.76. The minimum Gasteiger partial charge on any atom is -0.445 e. The van der Waals surface area contributed by atoms with Crippen molar-refractivity contribution >= 4 is 17.7 Å². The number of carbonyl (C=O) groups excluding carboxylic acids is 2. The fraction of sp³-hybridized carbons (Fsp3) is 0.259. The molecule has 3 aromatic rings. The second-order valence-corrected chi connectivity index (χ2v) is 8.44. The lowest BCUT2D eigenvalue weighted by molar-refractivity contribution is -0.120. The molecule has 0 spiro atoms. The first-order chi connectivity index (χ1) is 16.0. The van der Waals surface area contributed by atoms with Crippen LogP contribution in [0.5, 0.6) is 0 Å². The van der Waals surface area contributed by atoms with Crippen molar-refractivity contribution in [2.24, 2.45) is 5.73 Å². The van der Waals surface area contributed by atoms with Crippen molar-refractivity contribution in [2.75, 3.05) is 11.9 Å². The number of ether oxygens (including phenoxy) is 1. The highest BCUT2D eigenvalue weighted by atomic mass is 16.5. The van der Waals surface area contributed by atoms with Gasteiger partial charge in [0.15, 0.2) is 0 Å². The molecular formula is C27H29N3O3. The smallest absolute Gasteiger partial charge is 0.408 e. The third kappa shape index (κ3) is 5.99. The second-order valence-electron chi connectivity index (χ2n) is 8.44. The number of carbonyl (C=O) groups is 2. The van der Waals surface area contributed by atoms with Gasteiger partial charge in [0.05, 0.1) is 0 Å². The standard InChI is InChI=1S/C27H29N3O3/c1-30(22-14-12-21(13-15-22)23-17-24(23)28)26(31)25(16-19-8-4-2-5-9-19)29-27(32)33-18-20-10-6-3-7-11-20/h2-15,23-25H,16-18,28H2,1H3,(H,29,32)/t23-,24+,25?/m0/s1. The third-order valence-electron chi connectivity index (χ3n) is 5.96. The molecule has 1 fully saturated rings. The number of likely N-dealkylation sites (N-methyl/N-ethyl adjacent to an activating group) is 1. The van der Waals surface area contributed by atoms with Crippen molar-refractivity contribution < 1.29 is 14.3 Å². The van der Waals surface area contributed by atoms with Crippen LogP contribution in [0.2, 0.25) is 0 Å². The first-order valence-electron chi connectivity index (χ1n) is 11.2. The second kappa shape index (κ2) is 10.3. The van der Waals surface area contributed by atoms with Gasteiger partial charge >= 0.3 is 6.09 Å². The topological polar surface area (TPSA) is 84.7 Å². The summed E-state index contributed by atoms with van der Waals surface area (Å²) >= 11 is 0. The van der Waals surface area contributed by atoms with E-state index in [1.807, 2.05) is 84.9 Å². The Morgan fingerprint density at radius 1 is 0.970 bits per heavy atom. The molecule has 6 nitrogen and oxygen atoms in total. The van der Waals surface area contributed by atoms with Crippen molar-refractivity contribution in [1.29, 1.82) is 0 Å². The van der Waals surface area contributed by atoms with Crippen LogP contribution in [0.3, 0.4) is 0 Å². The van der Waals surface area contributed by atoms with Crippen LogP contribution >= 0.6 is 0 Å². The Balaban J connectivity index is 1.44. The van der Waals surface area contributed by atoms with Gasteiger partial charge in [-0.2, -0.15) is 0 Å². The molecule has 3 aromatic carbocycles. The zero-order valence-corrected chi connectivity index (χ0v) is 18.7. The molecule has 0 radical (unpaired) electrons. The number of alkyl carbamates (subject to hydrolysis) is 1. The molecule has 0 saturated heterocycles. The van der Waals surface area contributed by atoms with E-state index in [1.54, 1.807) is 11.9 Å². The lowest BCUT2D eigenvalue weighted by atomic mass is 10.0. The number of anilines is 1. The summed E-state index contributed by atoms with van der Waals surface area (Å²) in [6, 6.07) is 26.4. The molecule has 1 unspecified atom stereocenters. The number of benzene rings is 3. The molecule has 2 amide bonds. The highest BCUT2D eigenvalue weighted by Gasteiger charge is 2.34. The van der Waals surface area contributed by atoms with Gasteiger partial charge in [-0.3, -0.25) is 4.79 Å². The molecule has 3 atom stereocenters. The van der Waals surface area contributed by atoms with Crippen molar-refractivity contribution in [1.82, 2.24) is 5.32 Å². The molecule has 1 aliphatic rings. The lowest BCUT2D eigenvalue weighted by Crippen LogP contribution is -2.49. The summed E-state index contributed by atoms with van der Waals surface area (Å²) in [4.78, 5) is 27.5. The molecule has 0 heterocycles. The highest BCUT2D eigenvalue weighted by molar-refractivity contribution is 5.98. The average Bonchev–Trinajstić information content (AvgIpc) is 3.59. The first-order valence-corrected chi connectivity index (χ1v) is 11.2. The highest BCUT2D eigenvalue weighted by Crippen LogP contribution is 2.39. The maximum Gasteiger partial charge on any atom is 0.408 e. The number of hydrogen-bond acceptors (Lipinski definition) is 4. The summed E-state index contributed by atoms with van der Waals surface area (Å²) in [5.74, 6) is 0.193. The van der Waals surface area contributed by atoms with Crippen LogP contribution in [-0.4, -0.2) is 31.1 Å². The summed E-state index contributed by atoms with van der Waals surface area (Å²) in [7, 11) is 1.72. The van der Waals surface area contributed by atoms with Crippen molar-refractivity contribution in [3.05, 3.63) is 102 Å².